The minimum absolute atomic E-state index is 0.742. The van der Waals surface area contributed by atoms with E-state index in [4.69, 9.17) is 0 Å². The lowest BCUT2D eigenvalue weighted by Gasteiger charge is -2.30. The van der Waals surface area contributed by atoms with Crippen molar-refractivity contribution >= 4 is 17.3 Å². The zero-order valence-corrected chi connectivity index (χ0v) is 26.7. The van der Waals surface area contributed by atoms with E-state index in [0.29, 0.717) is 0 Å². The molecule has 0 fully saturated rings. The third kappa shape index (κ3) is 7.62. The molecule has 6 aromatic carbocycles. The van der Waals surface area contributed by atoms with E-state index in [1.54, 1.807) is 6.92 Å². The molecule has 0 amide bonds. The first kappa shape index (κ1) is 31.4. The van der Waals surface area contributed by atoms with Gasteiger partial charge in [-0.25, -0.2) is 0 Å². The highest BCUT2D eigenvalue weighted by Crippen LogP contribution is 2.35. The monoisotopic (exact) mass is 616 g/mol. The molecule has 0 atom stereocenters. The third-order valence-corrected chi connectivity index (χ3v) is 8.91. The SMILES string of the molecule is CC(C(=O)O)(c1ccc(N(Cc2ccccc2)Cc2ccccc2)cc1)c1ccc(N(Cc2ccccc2)Cc2ccccc2)cc1. The van der Waals surface area contributed by atoms with E-state index in [9.17, 15) is 9.90 Å². The molecule has 0 aliphatic heterocycles. The maximum Gasteiger partial charge on any atom is 0.318 e. The number of carboxylic acids is 1. The van der Waals surface area contributed by atoms with Crippen LogP contribution in [0.15, 0.2) is 170 Å². The van der Waals surface area contributed by atoms with Crippen LogP contribution >= 0.6 is 0 Å². The lowest BCUT2D eigenvalue weighted by molar-refractivity contribution is -0.141. The van der Waals surface area contributed by atoms with Gasteiger partial charge in [0.25, 0.3) is 0 Å². The molecule has 0 heterocycles. The van der Waals surface area contributed by atoms with E-state index in [1.807, 2.05) is 48.5 Å². The highest BCUT2D eigenvalue weighted by Gasteiger charge is 2.37. The van der Waals surface area contributed by atoms with E-state index in [0.717, 1.165) is 48.7 Å². The molecule has 0 radical (unpaired) electrons. The zero-order chi connectivity index (χ0) is 32.5. The molecule has 0 saturated carbocycles. The summed E-state index contributed by atoms with van der Waals surface area (Å²) < 4.78 is 0. The van der Waals surface area contributed by atoms with Crippen molar-refractivity contribution in [3.63, 3.8) is 0 Å². The second-order valence-corrected chi connectivity index (χ2v) is 12.2. The normalized spacial score (nSPS) is 11.2. The average molecular weight is 617 g/mol. The maximum atomic E-state index is 13.0. The smallest absolute Gasteiger partial charge is 0.318 e. The van der Waals surface area contributed by atoms with Gasteiger partial charge in [-0.05, 0) is 64.6 Å². The standard InChI is InChI=1S/C43H40N2O2/c1-43(42(46)47,38-22-26-40(27-23-38)44(30-34-14-6-2-7-15-34)31-35-16-8-3-9-17-35)39-24-28-41(29-25-39)45(32-36-18-10-4-11-19-36)33-37-20-12-5-13-21-37/h2-29H,30-33H2,1H3,(H,46,47). The largest absolute Gasteiger partial charge is 0.480 e. The molecule has 0 unspecified atom stereocenters. The lowest BCUT2D eigenvalue weighted by atomic mass is 9.76. The van der Waals surface area contributed by atoms with Crippen LogP contribution in [0.2, 0.25) is 0 Å². The zero-order valence-electron chi connectivity index (χ0n) is 26.7. The van der Waals surface area contributed by atoms with Gasteiger partial charge in [-0.15, -0.1) is 0 Å². The summed E-state index contributed by atoms with van der Waals surface area (Å²) in [5.41, 5.74) is 7.23. The van der Waals surface area contributed by atoms with Gasteiger partial charge in [0.15, 0.2) is 0 Å². The van der Waals surface area contributed by atoms with Crippen LogP contribution in [0.25, 0.3) is 0 Å². The fourth-order valence-electron chi connectivity index (χ4n) is 6.12. The van der Waals surface area contributed by atoms with Crippen LogP contribution in [0.1, 0.15) is 40.3 Å². The van der Waals surface area contributed by atoms with Gasteiger partial charge >= 0.3 is 5.97 Å². The molecule has 0 bridgehead atoms. The van der Waals surface area contributed by atoms with E-state index < -0.39 is 11.4 Å². The average Bonchev–Trinajstić information content (AvgIpc) is 3.12. The molecule has 0 aliphatic rings. The number of carboxylic acid groups (broad SMARTS) is 1. The Hall–Kier alpha value is -5.61. The Morgan fingerprint density at radius 3 is 0.936 bits per heavy atom. The topological polar surface area (TPSA) is 43.8 Å². The summed E-state index contributed by atoms with van der Waals surface area (Å²) in [6.07, 6.45) is 0. The molecule has 47 heavy (non-hydrogen) atoms. The van der Waals surface area contributed by atoms with Crippen molar-refractivity contribution in [2.24, 2.45) is 0 Å². The first-order valence-corrected chi connectivity index (χ1v) is 16.1. The predicted octanol–water partition coefficient (Wildman–Crippen LogP) is 9.49. The van der Waals surface area contributed by atoms with Gasteiger partial charge in [-0.3, -0.25) is 4.79 Å². The first-order valence-electron chi connectivity index (χ1n) is 16.1. The molecule has 6 rings (SSSR count). The van der Waals surface area contributed by atoms with Gasteiger partial charge in [0.1, 0.15) is 5.41 Å². The van der Waals surface area contributed by atoms with Crippen molar-refractivity contribution < 1.29 is 9.90 Å². The Balaban J connectivity index is 1.27. The van der Waals surface area contributed by atoms with E-state index >= 15 is 0 Å². The van der Waals surface area contributed by atoms with Gasteiger partial charge in [0.05, 0.1) is 0 Å². The van der Waals surface area contributed by atoms with Crippen LogP contribution in [-0.2, 0) is 36.4 Å². The van der Waals surface area contributed by atoms with Gasteiger partial charge in [0.2, 0.25) is 0 Å². The molecule has 0 spiro atoms. The van der Waals surface area contributed by atoms with Crippen LogP contribution in [0.5, 0.6) is 0 Å². The molecule has 234 valence electrons. The minimum Gasteiger partial charge on any atom is -0.480 e. The predicted molar refractivity (Wildman–Crippen MR) is 193 cm³/mol. The van der Waals surface area contributed by atoms with Crippen LogP contribution in [-0.4, -0.2) is 11.1 Å². The summed E-state index contributed by atoms with van der Waals surface area (Å²) in [5.74, 6) is -0.881. The van der Waals surface area contributed by atoms with Crippen LogP contribution in [0, 0.1) is 0 Å². The van der Waals surface area contributed by atoms with Gasteiger partial charge < -0.3 is 14.9 Å². The summed E-state index contributed by atoms with van der Waals surface area (Å²) >= 11 is 0. The summed E-state index contributed by atoms with van der Waals surface area (Å²) in [5, 5.41) is 10.7. The Morgan fingerprint density at radius 1 is 0.447 bits per heavy atom. The van der Waals surface area contributed by atoms with E-state index in [1.165, 1.54) is 22.3 Å². The second kappa shape index (κ2) is 14.7. The van der Waals surface area contributed by atoms with Crippen molar-refractivity contribution in [1.82, 2.24) is 0 Å². The number of aliphatic carboxylic acids is 1. The van der Waals surface area contributed by atoms with Crippen molar-refractivity contribution in [3.05, 3.63) is 203 Å². The highest BCUT2D eigenvalue weighted by atomic mass is 16.4. The van der Waals surface area contributed by atoms with Crippen LogP contribution in [0.3, 0.4) is 0 Å². The van der Waals surface area contributed by atoms with E-state index in [-0.39, 0.29) is 0 Å². The molecular weight excluding hydrogens is 576 g/mol. The minimum atomic E-state index is -1.22. The molecule has 0 aliphatic carbocycles. The van der Waals surface area contributed by atoms with Crippen molar-refractivity contribution in [3.8, 4) is 0 Å². The number of benzene rings is 6. The van der Waals surface area contributed by atoms with Crippen molar-refractivity contribution in [2.75, 3.05) is 9.80 Å². The Bertz CT molecular complexity index is 1630. The highest BCUT2D eigenvalue weighted by molar-refractivity contribution is 5.86. The fraction of sp³-hybridized carbons (Fsp3) is 0.140. The van der Waals surface area contributed by atoms with Crippen LogP contribution in [0.4, 0.5) is 11.4 Å². The Kier molecular flexibility index (Phi) is 9.78. The summed E-state index contributed by atoms with van der Waals surface area (Å²) in [6, 6.07) is 57.8. The molecule has 6 aromatic rings. The Morgan fingerprint density at radius 2 is 0.702 bits per heavy atom. The summed E-state index contributed by atoms with van der Waals surface area (Å²) in [4.78, 5) is 17.7. The molecule has 0 saturated heterocycles. The number of hydrogen-bond donors (Lipinski definition) is 1. The molecule has 1 N–H and O–H groups in total. The van der Waals surface area contributed by atoms with Gasteiger partial charge in [-0.2, -0.15) is 0 Å². The number of carbonyl (C=O) groups is 1. The third-order valence-electron chi connectivity index (χ3n) is 8.91. The van der Waals surface area contributed by atoms with Crippen LogP contribution < -0.4 is 9.80 Å². The number of hydrogen-bond acceptors (Lipinski definition) is 3. The van der Waals surface area contributed by atoms with Crippen molar-refractivity contribution in [1.29, 1.82) is 0 Å². The Labute approximate surface area is 278 Å². The summed E-state index contributed by atoms with van der Waals surface area (Å²) in [6.45, 7) is 4.78. The quantitative estimate of drug-likeness (QED) is 0.140. The maximum absolute atomic E-state index is 13.0. The first-order chi connectivity index (χ1) is 23.0. The molecule has 4 heteroatoms. The molecular formula is C43H40N2O2. The second-order valence-electron chi connectivity index (χ2n) is 12.2. The van der Waals surface area contributed by atoms with Gasteiger partial charge in [-0.1, -0.05) is 146 Å². The molecule has 4 nitrogen and oxygen atoms in total. The van der Waals surface area contributed by atoms with Gasteiger partial charge in [0, 0.05) is 37.6 Å². The van der Waals surface area contributed by atoms with E-state index in [2.05, 4.69) is 131 Å². The van der Waals surface area contributed by atoms with Crippen molar-refractivity contribution in [2.45, 2.75) is 38.5 Å². The number of anilines is 2. The lowest BCUT2D eigenvalue weighted by Crippen LogP contribution is -2.34. The fourth-order valence-corrected chi connectivity index (χ4v) is 6.12. The number of rotatable bonds is 13. The molecule has 0 aromatic heterocycles. The number of nitrogens with zero attached hydrogens (tertiary/aromatic N) is 2. The summed E-state index contributed by atoms with van der Waals surface area (Å²) in [7, 11) is 0.